The van der Waals surface area contributed by atoms with E-state index in [4.69, 9.17) is 14.6 Å². The van der Waals surface area contributed by atoms with Gasteiger partial charge in [0.2, 0.25) is 10.0 Å². The summed E-state index contributed by atoms with van der Waals surface area (Å²) in [7, 11) is -3.72. The molecule has 0 bridgehead atoms. The molecule has 0 aromatic heterocycles. The molecule has 132 valence electrons. The minimum Gasteiger partial charge on any atom is -0.490 e. The Labute approximate surface area is 146 Å². The van der Waals surface area contributed by atoms with Gasteiger partial charge in [-0.15, -0.1) is 0 Å². The summed E-state index contributed by atoms with van der Waals surface area (Å²) in [6, 6.07) is 15.4. The second-order valence-corrected chi connectivity index (χ2v) is 7.51. The molecule has 2 aromatic carbocycles. The predicted octanol–water partition coefficient (Wildman–Crippen LogP) is 1.99. The van der Waals surface area contributed by atoms with Crippen LogP contribution < -0.4 is 9.88 Å². The number of benzene rings is 2. The van der Waals surface area contributed by atoms with Gasteiger partial charge < -0.3 is 9.47 Å². The topological polar surface area (TPSA) is 95.7 Å². The Bertz CT molecular complexity index is 843. The third kappa shape index (κ3) is 4.00. The van der Waals surface area contributed by atoms with E-state index in [-0.39, 0.29) is 24.1 Å². The number of carbonyl (C=O) groups is 1. The van der Waals surface area contributed by atoms with Gasteiger partial charge in [0.15, 0.2) is 0 Å². The molecule has 3 rings (SSSR count). The van der Waals surface area contributed by atoms with Crippen molar-refractivity contribution in [2.45, 2.75) is 23.2 Å². The molecule has 1 aliphatic rings. The van der Waals surface area contributed by atoms with Gasteiger partial charge in [0, 0.05) is 0 Å². The van der Waals surface area contributed by atoms with Gasteiger partial charge in [-0.25, -0.2) is 13.6 Å². The van der Waals surface area contributed by atoms with Crippen molar-refractivity contribution in [2.24, 2.45) is 5.14 Å². The molecule has 0 spiro atoms. The van der Waals surface area contributed by atoms with Crippen molar-refractivity contribution in [1.82, 2.24) is 0 Å². The third-order valence-corrected chi connectivity index (χ3v) is 5.13. The molecule has 1 aliphatic carbocycles. The SMILES string of the molecule is NS(=O)(=O)c1ccc(OCCOC(=O)C2(c3ccccc3)CC2)cc1. The van der Waals surface area contributed by atoms with Crippen LogP contribution in [-0.4, -0.2) is 27.6 Å². The van der Waals surface area contributed by atoms with Gasteiger partial charge in [0.25, 0.3) is 0 Å². The number of hydrogen-bond acceptors (Lipinski definition) is 5. The van der Waals surface area contributed by atoms with Crippen LogP contribution in [0.3, 0.4) is 0 Å². The molecule has 0 heterocycles. The van der Waals surface area contributed by atoms with Gasteiger partial charge in [-0.1, -0.05) is 30.3 Å². The number of carbonyl (C=O) groups excluding carboxylic acids is 1. The van der Waals surface area contributed by atoms with E-state index in [1.165, 1.54) is 24.3 Å². The summed E-state index contributed by atoms with van der Waals surface area (Å²) in [5, 5.41) is 5.03. The third-order valence-electron chi connectivity index (χ3n) is 4.20. The molecule has 0 aliphatic heterocycles. The molecule has 1 fully saturated rings. The standard InChI is InChI=1S/C18H19NO5S/c19-25(21,22)16-8-6-15(7-9-16)23-12-13-24-17(20)18(10-11-18)14-4-2-1-3-5-14/h1-9H,10-13H2,(H2,19,21,22). The molecule has 0 atom stereocenters. The fourth-order valence-electron chi connectivity index (χ4n) is 2.65. The van der Waals surface area contributed by atoms with E-state index in [2.05, 4.69) is 0 Å². The van der Waals surface area contributed by atoms with Crippen LogP contribution in [0, 0.1) is 0 Å². The number of rotatable bonds is 7. The Kier molecular flexibility index (Phi) is 4.78. The largest absolute Gasteiger partial charge is 0.490 e. The number of esters is 1. The highest BCUT2D eigenvalue weighted by atomic mass is 32.2. The van der Waals surface area contributed by atoms with Crippen molar-refractivity contribution < 1.29 is 22.7 Å². The lowest BCUT2D eigenvalue weighted by atomic mass is 9.96. The summed E-state index contributed by atoms with van der Waals surface area (Å²) in [5.74, 6) is 0.250. The summed E-state index contributed by atoms with van der Waals surface area (Å²) in [6.07, 6.45) is 1.59. The van der Waals surface area contributed by atoms with Gasteiger partial charge in [-0.2, -0.15) is 0 Å². The lowest BCUT2D eigenvalue weighted by molar-refractivity contribution is -0.147. The first-order valence-electron chi connectivity index (χ1n) is 7.90. The minimum absolute atomic E-state index is 0.0183. The van der Waals surface area contributed by atoms with Crippen LogP contribution in [-0.2, 0) is 25.0 Å². The van der Waals surface area contributed by atoms with Crippen LogP contribution in [0.1, 0.15) is 18.4 Å². The molecule has 6 nitrogen and oxygen atoms in total. The van der Waals surface area contributed by atoms with Gasteiger partial charge in [-0.05, 0) is 42.7 Å². The fourth-order valence-corrected chi connectivity index (χ4v) is 3.17. The summed E-state index contributed by atoms with van der Waals surface area (Å²) in [5.41, 5.74) is 0.484. The minimum atomic E-state index is -3.72. The molecule has 0 amide bonds. The van der Waals surface area contributed by atoms with Gasteiger partial charge in [-0.3, -0.25) is 4.79 Å². The summed E-state index contributed by atoms with van der Waals surface area (Å²) in [6.45, 7) is 0.315. The van der Waals surface area contributed by atoms with E-state index < -0.39 is 15.4 Å². The van der Waals surface area contributed by atoms with Crippen LogP contribution in [0.4, 0.5) is 0 Å². The highest BCUT2D eigenvalue weighted by molar-refractivity contribution is 7.89. The van der Waals surface area contributed by atoms with Crippen LogP contribution in [0.2, 0.25) is 0 Å². The van der Waals surface area contributed by atoms with Crippen LogP contribution in [0.15, 0.2) is 59.5 Å². The Morgan fingerprint density at radius 1 is 1.00 bits per heavy atom. The fraction of sp³-hybridized carbons (Fsp3) is 0.278. The lowest BCUT2D eigenvalue weighted by Gasteiger charge is -2.15. The molecule has 0 radical (unpaired) electrons. The Morgan fingerprint density at radius 3 is 2.20 bits per heavy atom. The van der Waals surface area contributed by atoms with E-state index in [0.717, 1.165) is 18.4 Å². The zero-order valence-electron chi connectivity index (χ0n) is 13.6. The van der Waals surface area contributed by atoms with Crippen LogP contribution in [0.25, 0.3) is 0 Å². The average molecular weight is 361 g/mol. The van der Waals surface area contributed by atoms with Crippen molar-refractivity contribution in [2.75, 3.05) is 13.2 Å². The van der Waals surface area contributed by atoms with Gasteiger partial charge in [0.05, 0.1) is 10.3 Å². The van der Waals surface area contributed by atoms with E-state index in [1.807, 2.05) is 30.3 Å². The van der Waals surface area contributed by atoms with E-state index in [0.29, 0.717) is 5.75 Å². The zero-order chi connectivity index (χ0) is 17.9. The highest BCUT2D eigenvalue weighted by Crippen LogP contribution is 2.49. The van der Waals surface area contributed by atoms with Crippen molar-refractivity contribution in [3.63, 3.8) is 0 Å². The molecule has 7 heteroatoms. The Hall–Kier alpha value is -2.38. The summed E-state index contributed by atoms with van der Waals surface area (Å²) in [4.78, 5) is 12.4. The van der Waals surface area contributed by atoms with Crippen molar-refractivity contribution in [3.05, 3.63) is 60.2 Å². The maximum atomic E-state index is 12.3. The first kappa shape index (κ1) is 17.4. The molecular weight excluding hydrogens is 342 g/mol. The van der Waals surface area contributed by atoms with E-state index in [9.17, 15) is 13.2 Å². The molecule has 1 saturated carbocycles. The van der Waals surface area contributed by atoms with Crippen molar-refractivity contribution in [3.8, 4) is 5.75 Å². The number of sulfonamides is 1. The predicted molar refractivity (Wildman–Crippen MR) is 91.6 cm³/mol. The first-order valence-corrected chi connectivity index (χ1v) is 9.45. The van der Waals surface area contributed by atoms with Crippen molar-refractivity contribution >= 4 is 16.0 Å². The van der Waals surface area contributed by atoms with E-state index in [1.54, 1.807) is 0 Å². The number of hydrogen-bond donors (Lipinski definition) is 1. The second-order valence-electron chi connectivity index (χ2n) is 5.95. The summed E-state index contributed by atoms with van der Waals surface area (Å²) < 4.78 is 33.1. The maximum Gasteiger partial charge on any atom is 0.316 e. The lowest BCUT2D eigenvalue weighted by Crippen LogP contribution is -2.25. The summed E-state index contributed by atoms with van der Waals surface area (Å²) >= 11 is 0. The molecule has 25 heavy (non-hydrogen) atoms. The van der Waals surface area contributed by atoms with E-state index >= 15 is 0 Å². The normalized spacial score (nSPS) is 15.4. The maximum absolute atomic E-state index is 12.3. The van der Waals surface area contributed by atoms with Crippen LogP contribution in [0.5, 0.6) is 5.75 Å². The molecule has 2 aromatic rings. The zero-order valence-corrected chi connectivity index (χ0v) is 14.4. The number of ether oxygens (including phenoxy) is 2. The number of nitrogens with two attached hydrogens (primary N) is 1. The Morgan fingerprint density at radius 2 is 1.64 bits per heavy atom. The molecular formula is C18H19NO5S. The monoisotopic (exact) mass is 361 g/mol. The highest BCUT2D eigenvalue weighted by Gasteiger charge is 2.52. The van der Waals surface area contributed by atoms with Crippen molar-refractivity contribution in [1.29, 1.82) is 0 Å². The molecule has 0 saturated heterocycles. The Balaban J connectivity index is 1.48. The average Bonchev–Trinajstić information content (AvgIpc) is 3.41. The molecule has 0 unspecified atom stereocenters. The van der Waals surface area contributed by atoms with Gasteiger partial charge in [0.1, 0.15) is 19.0 Å². The van der Waals surface area contributed by atoms with Gasteiger partial charge >= 0.3 is 5.97 Å². The quantitative estimate of drug-likeness (QED) is 0.601. The number of primary sulfonamides is 1. The smallest absolute Gasteiger partial charge is 0.316 e. The second kappa shape index (κ2) is 6.85. The van der Waals surface area contributed by atoms with Crippen LogP contribution >= 0.6 is 0 Å². The first-order chi connectivity index (χ1) is 11.9. The molecule has 2 N–H and O–H groups in total.